The Balaban J connectivity index is -0.000000342. The first-order valence-corrected chi connectivity index (χ1v) is 11.0. The standard InChI is InChI=1S/C16H25FO2Si.3CO.Cr/c1-16(2,3)15(18)11-14(19-20(4,5)6)12-9-7-8-10-13(12)17;3*1-2;/h7-10,14H,11H2,1-6H3;;;;/t14-;;;;/m0..../s1. The Morgan fingerprint density at radius 3 is 1.81 bits per heavy atom. The zero-order chi connectivity index (χ0) is 21.6. The van der Waals surface area contributed by atoms with Gasteiger partial charge in [-0.05, 0) is 25.7 Å². The minimum atomic E-state index is -1.87. The molecule has 1 aromatic carbocycles. The van der Waals surface area contributed by atoms with E-state index in [1.54, 1.807) is 18.2 Å². The molecule has 0 aromatic heterocycles. The van der Waals surface area contributed by atoms with E-state index in [2.05, 4.69) is 20.0 Å². The third kappa shape index (κ3) is 15.5. The molecule has 0 heterocycles. The van der Waals surface area contributed by atoms with Crippen LogP contribution in [0.2, 0.25) is 19.6 Å². The summed E-state index contributed by atoms with van der Waals surface area (Å²) in [6.07, 6.45) is -0.274. The van der Waals surface area contributed by atoms with Crippen LogP contribution in [0, 0.1) is 31.2 Å². The zero-order valence-electron chi connectivity index (χ0n) is 16.4. The van der Waals surface area contributed by atoms with Crippen LogP contribution in [-0.2, 0) is 40.5 Å². The Labute approximate surface area is 173 Å². The molecule has 0 aliphatic carbocycles. The van der Waals surface area contributed by atoms with Gasteiger partial charge in [-0.3, -0.25) is 4.79 Å². The Kier molecular flexibility index (Phi) is 20.9. The van der Waals surface area contributed by atoms with Crippen molar-refractivity contribution in [2.75, 3.05) is 0 Å². The molecule has 0 aliphatic rings. The van der Waals surface area contributed by atoms with Crippen LogP contribution < -0.4 is 0 Å². The molecule has 0 aliphatic heterocycles. The van der Waals surface area contributed by atoms with Crippen LogP contribution in [0.1, 0.15) is 38.9 Å². The molecule has 1 aromatic rings. The summed E-state index contributed by atoms with van der Waals surface area (Å²) in [6.45, 7) is 25.3. The van der Waals surface area contributed by atoms with Gasteiger partial charge in [-0.2, -0.15) is 0 Å². The summed E-state index contributed by atoms with van der Waals surface area (Å²) in [6, 6.07) is 6.55. The van der Waals surface area contributed by atoms with Crippen LogP contribution in [0.5, 0.6) is 0 Å². The molecule has 5 nitrogen and oxygen atoms in total. The van der Waals surface area contributed by atoms with Gasteiger partial charge < -0.3 is 4.43 Å². The average molecular weight is 432 g/mol. The number of rotatable bonds is 5. The number of hydrogen-bond donors (Lipinski definition) is 0. The number of halogens is 1. The van der Waals surface area contributed by atoms with E-state index in [9.17, 15) is 9.18 Å². The van der Waals surface area contributed by atoms with E-state index in [1.807, 2.05) is 40.4 Å². The summed E-state index contributed by atoms with van der Waals surface area (Å²) in [7, 11) is -1.87. The Bertz CT molecular complexity index is 586. The maximum atomic E-state index is 14.0. The molecule has 0 unspecified atom stereocenters. The number of ketones is 1. The first-order valence-electron chi connectivity index (χ1n) is 7.57. The molecule has 1 atom stereocenters. The largest absolute Gasteiger partial charge is 0 e. The molecule has 0 amide bonds. The van der Waals surface area contributed by atoms with Gasteiger partial charge in [0.05, 0.1) is 6.10 Å². The van der Waals surface area contributed by atoms with Crippen molar-refractivity contribution in [3.63, 3.8) is 0 Å². The van der Waals surface area contributed by atoms with Crippen LogP contribution in [0.3, 0.4) is 0 Å². The van der Waals surface area contributed by atoms with E-state index in [0.29, 0.717) is 5.56 Å². The predicted octanol–water partition coefficient (Wildman–Crippen LogP) is 4.61. The molecule has 8 heteroatoms. The smallest absolute Gasteiger partial charge is 0 e. The van der Waals surface area contributed by atoms with Gasteiger partial charge in [0.2, 0.25) is 0 Å². The Hall–Kier alpha value is -1.25. The van der Waals surface area contributed by atoms with E-state index in [4.69, 9.17) is 18.4 Å². The van der Waals surface area contributed by atoms with Crippen molar-refractivity contribution in [1.82, 2.24) is 0 Å². The van der Waals surface area contributed by atoms with Crippen LogP contribution >= 0.6 is 0 Å². The maximum Gasteiger partial charge on any atom is 0 e. The van der Waals surface area contributed by atoms with Gasteiger partial charge in [0, 0.05) is 34.8 Å². The second-order valence-electron chi connectivity index (χ2n) is 7.12. The molecule has 27 heavy (non-hydrogen) atoms. The van der Waals surface area contributed by atoms with Gasteiger partial charge >= 0.3 is 33.9 Å². The topological polar surface area (TPSA) is 86.0 Å². The van der Waals surface area contributed by atoms with Crippen molar-refractivity contribution in [3.8, 4) is 0 Å². The number of hydrogen-bond acceptors (Lipinski definition) is 2. The number of carbonyl (C=O) groups is 1. The summed E-state index contributed by atoms with van der Waals surface area (Å²) in [5, 5.41) is 0. The van der Waals surface area contributed by atoms with Crippen LogP contribution in [-0.4, -0.2) is 14.1 Å². The molecule has 0 radical (unpaired) electrons. The van der Waals surface area contributed by atoms with E-state index < -0.39 is 19.8 Å². The summed E-state index contributed by atoms with van der Waals surface area (Å²) < 4.78 is 42.5. The van der Waals surface area contributed by atoms with Crippen molar-refractivity contribution in [3.05, 3.63) is 55.6 Å². The summed E-state index contributed by atoms with van der Waals surface area (Å²) in [4.78, 5) is 12.3. The molecular weight excluding hydrogens is 407 g/mol. The molecule has 0 spiro atoms. The van der Waals surface area contributed by atoms with Crippen molar-refractivity contribution in [1.29, 1.82) is 0 Å². The molecule has 0 saturated heterocycles. The zero-order valence-corrected chi connectivity index (χ0v) is 18.7. The third-order valence-corrected chi connectivity index (χ3v) is 3.95. The fraction of sp³-hybridized carbons (Fsp3) is 0.474. The number of benzene rings is 1. The first kappa shape index (κ1) is 33.3. The fourth-order valence-electron chi connectivity index (χ4n) is 1.85. The Morgan fingerprint density at radius 1 is 1.07 bits per heavy atom. The normalized spacial score (nSPS) is 10.7. The second-order valence-corrected chi connectivity index (χ2v) is 11.6. The van der Waals surface area contributed by atoms with Gasteiger partial charge in [0.1, 0.15) is 11.6 Å². The van der Waals surface area contributed by atoms with E-state index in [1.165, 1.54) is 6.07 Å². The summed E-state index contributed by atoms with van der Waals surface area (Å²) >= 11 is 0. The minimum Gasteiger partial charge on any atom is 0 e. The van der Waals surface area contributed by atoms with E-state index in [-0.39, 0.29) is 35.4 Å². The first-order chi connectivity index (χ1) is 12.0. The van der Waals surface area contributed by atoms with Gasteiger partial charge in [0.25, 0.3) is 0 Å². The summed E-state index contributed by atoms with van der Waals surface area (Å²) in [5.41, 5.74) is 0.0410. The minimum absolute atomic E-state index is 0. The molecular formula is C19H25CrFO5Si. The monoisotopic (exact) mass is 432 g/mol. The molecule has 148 valence electrons. The van der Waals surface area contributed by atoms with Crippen LogP contribution in [0.4, 0.5) is 4.39 Å². The van der Waals surface area contributed by atoms with Gasteiger partial charge in [-0.1, -0.05) is 39.0 Å². The van der Waals surface area contributed by atoms with Crippen molar-refractivity contribution in [2.45, 2.75) is 52.9 Å². The second kappa shape index (κ2) is 16.9. The number of Topliss-reactive ketones (excluding diaryl/α,β-unsaturated/α-hetero) is 1. The van der Waals surface area contributed by atoms with Crippen molar-refractivity contribution >= 4 is 14.1 Å². The van der Waals surface area contributed by atoms with E-state index >= 15 is 0 Å². The van der Waals surface area contributed by atoms with Gasteiger partial charge in [0.15, 0.2) is 8.32 Å². The van der Waals surface area contributed by atoms with Gasteiger partial charge in [-0.25, -0.2) is 4.39 Å². The molecule has 0 saturated carbocycles. The number of carbonyl (C=O) groups excluding carboxylic acids is 1. The quantitative estimate of drug-likeness (QED) is 0.387. The van der Waals surface area contributed by atoms with Crippen molar-refractivity contribution in [2.24, 2.45) is 5.41 Å². The predicted molar refractivity (Wildman–Crippen MR) is 94.4 cm³/mol. The van der Waals surface area contributed by atoms with Gasteiger partial charge in [-0.15, -0.1) is 0 Å². The Morgan fingerprint density at radius 2 is 1.48 bits per heavy atom. The third-order valence-electron chi connectivity index (χ3n) is 2.96. The van der Waals surface area contributed by atoms with Crippen LogP contribution in [0.15, 0.2) is 24.3 Å². The van der Waals surface area contributed by atoms with E-state index in [0.717, 1.165) is 0 Å². The maximum absolute atomic E-state index is 14.0. The molecule has 1 rings (SSSR count). The molecule has 0 N–H and O–H groups in total. The summed E-state index contributed by atoms with van der Waals surface area (Å²) in [5.74, 6) is -0.221. The fourth-order valence-corrected chi connectivity index (χ4v) is 2.92. The average Bonchev–Trinajstić information content (AvgIpc) is 2.58. The SMILES string of the molecule is CC(C)(C)C(=O)C[C@H](O[Si](C)(C)C)c1ccccc1F.[C-]#[O+].[C-]#[O+].[C-]#[O+].[Cr]. The molecule has 0 bridgehead atoms. The molecule has 0 fully saturated rings. The van der Waals surface area contributed by atoms with Crippen molar-refractivity contribution < 1.29 is 44.9 Å². The van der Waals surface area contributed by atoms with Crippen LogP contribution in [0.25, 0.3) is 0 Å².